The Hall–Kier alpha value is -2.40. The standard InChI is InChI=1S/C15H12ClNO4/c1-10(15(18)11-4-2-5-12(16)8-11)21-14-7-3-6-13(9-14)17(19)20/h2-10H,1H3. The lowest BCUT2D eigenvalue weighted by Gasteiger charge is -2.13. The highest BCUT2D eigenvalue weighted by Gasteiger charge is 2.18. The number of nitro benzene ring substituents is 1. The van der Waals surface area contributed by atoms with Crippen molar-refractivity contribution in [1.29, 1.82) is 0 Å². The number of rotatable bonds is 5. The van der Waals surface area contributed by atoms with Gasteiger partial charge in [-0.3, -0.25) is 14.9 Å². The van der Waals surface area contributed by atoms with Gasteiger partial charge >= 0.3 is 0 Å². The van der Waals surface area contributed by atoms with E-state index >= 15 is 0 Å². The van der Waals surface area contributed by atoms with E-state index in [0.717, 1.165) is 0 Å². The van der Waals surface area contributed by atoms with Gasteiger partial charge in [-0.15, -0.1) is 0 Å². The van der Waals surface area contributed by atoms with Crippen LogP contribution in [-0.4, -0.2) is 16.8 Å². The second kappa shape index (κ2) is 6.37. The first-order valence-corrected chi connectivity index (χ1v) is 6.56. The summed E-state index contributed by atoms with van der Waals surface area (Å²) in [6.45, 7) is 1.59. The molecule has 0 saturated heterocycles. The van der Waals surface area contributed by atoms with E-state index < -0.39 is 11.0 Å². The number of nitro groups is 1. The predicted octanol–water partition coefficient (Wildman–Crippen LogP) is 3.90. The smallest absolute Gasteiger partial charge is 0.273 e. The Kier molecular flexibility index (Phi) is 4.55. The first kappa shape index (κ1) is 15.0. The molecule has 108 valence electrons. The molecule has 1 unspecified atom stereocenters. The number of nitrogens with zero attached hydrogens (tertiary/aromatic N) is 1. The van der Waals surface area contributed by atoms with Crippen LogP contribution in [0.15, 0.2) is 48.5 Å². The van der Waals surface area contributed by atoms with Crippen molar-refractivity contribution in [3.05, 3.63) is 69.2 Å². The Bertz CT molecular complexity index is 687. The van der Waals surface area contributed by atoms with E-state index in [1.165, 1.54) is 18.2 Å². The monoisotopic (exact) mass is 305 g/mol. The van der Waals surface area contributed by atoms with Crippen LogP contribution >= 0.6 is 11.6 Å². The number of halogens is 1. The van der Waals surface area contributed by atoms with Crippen LogP contribution in [0.1, 0.15) is 17.3 Å². The van der Waals surface area contributed by atoms with Gasteiger partial charge in [-0.2, -0.15) is 0 Å². The first-order valence-electron chi connectivity index (χ1n) is 6.18. The molecule has 0 amide bonds. The number of Topliss-reactive ketones (excluding diaryl/α,β-unsaturated/α-hetero) is 1. The van der Waals surface area contributed by atoms with E-state index in [0.29, 0.717) is 10.6 Å². The summed E-state index contributed by atoms with van der Waals surface area (Å²) in [4.78, 5) is 22.4. The van der Waals surface area contributed by atoms with Crippen molar-refractivity contribution >= 4 is 23.1 Å². The molecule has 0 saturated carbocycles. The van der Waals surface area contributed by atoms with Gasteiger partial charge in [0, 0.05) is 16.7 Å². The Labute approximate surface area is 126 Å². The molecule has 0 aliphatic heterocycles. The average Bonchev–Trinajstić information content (AvgIpc) is 2.46. The fourth-order valence-corrected chi connectivity index (χ4v) is 1.99. The van der Waals surface area contributed by atoms with E-state index in [1.807, 2.05) is 0 Å². The summed E-state index contributed by atoms with van der Waals surface area (Å²) in [5, 5.41) is 11.2. The minimum absolute atomic E-state index is 0.0881. The largest absolute Gasteiger partial charge is 0.482 e. The fraction of sp³-hybridized carbons (Fsp3) is 0.133. The minimum Gasteiger partial charge on any atom is -0.482 e. The van der Waals surface area contributed by atoms with Crippen molar-refractivity contribution in [2.75, 3.05) is 0 Å². The maximum Gasteiger partial charge on any atom is 0.273 e. The number of ketones is 1. The molecule has 0 spiro atoms. The quantitative estimate of drug-likeness (QED) is 0.477. The van der Waals surface area contributed by atoms with Gasteiger partial charge in [0.15, 0.2) is 6.10 Å². The van der Waals surface area contributed by atoms with Crippen LogP contribution in [0, 0.1) is 10.1 Å². The van der Waals surface area contributed by atoms with Crippen LogP contribution in [0.4, 0.5) is 5.69 Å². The van der Waals surface area contributed by atoms with Crippen molar-refractivity contribution in [3.63, 3.8) is 0 Å². The normalized spacial score (nSPS) is 11.7. The maximum absolute atomic E-state index is 12.2. The number of non-ortho nitro benzene ring substituents is 1. The molecule has 0 aliphatic rings. The molecular weight excluding hydrogens is 294 g/mol. The van der Waals surface area contributed by atoms with Crippen molar-refractivity contribution in [2.45, 2.75) is 13.0 Å². The highest BCUT2D eigenvalue weighted by Crippen LogP contribution is 2.21. The second-order valence-electron chi connectivity index (χ2n) is 4.39. The number of benzene rings is 2. The summed E-state index contributed by atoms with van der Waals surface area (Å²) in [6.07, 6.45) is -0.773. The summed E-state index contributed by atoms with van der Waals surface area (Å²) in [6, 6.07) is 12.2. The number of ether oxygens (including phenoxy) is 1. The summed E-state index contributed by atoms with van der Waals surface area (Å²) in [5.41, 5.74) is 0.343. The van der Waals surface area contributed by atoms with Crippen LogP contribution in [0.25, 0.3) is 0 Å². The first-order chi connectivity index (χ1) is 9.97. The van der Waals surface area contributed by atoms with E-state index in [9.17, 15) is 14.9 Å². The summed E-state index contributed by atoms with van der Waals surface area (Å²) in [5.74, 6) is 0.0242. The minimum atomic E-state index is -0.773. The van der Waals surface area contributed by atoms with E-state index in [-0.39, 0.29) is 17.2 Å². The molecule has 2 rings (SSSR count). The summed E-state index contributed by atoms with van der Waals surface area (Å²) >= 11 is 5.84. The molecule has 0 N–H and O–H groups in total. The van der Waals surface area contributed by atoms with E-state index in [1.54, 1.807) is 37.3 Å². The molecule has 0 bridgehead atoms. The van der Waals surface area contributed by atoms with Crippen molar-refractivity contribution in [3.8, 4) is 5.75 Å². The Morgan fingerprint density at radius 2 is 1.95 bits per heavy atom. The predicted molar refractivity (Wildman–Crippen MR) is 79.0 cm³/mol. The van der Waals surface area contributed by atoms with Crippen LogP contribution in [-0.2, 0) is 0 Å². The van der Waals surface area contributed by atoms with Gasteiger partial charge in [0.2, 0.25) is 5.78 Å². The molecule has 0 heterocycles. The lowest BCUT2D eigenvalue weighted by molar-refractivity contribution is -0.384. The molecule has 2 aromatic rings. The van der Waals surface area contributed by atoms with Crippen LogP contribution in [0.3, 0.4) is 0 Å². The third-order valence-electron chi connectivity index (χ3n) is 2.82. The van der Waals surface area contributed by atoms with Gasteiger partial charge in [-0.25, -0.2) is 0 Å². The zero-order valence-electron chi connectivity index (χ0n) is 11.2. The Balaban J connectivity index is 2.14. The summed E-state index contributed by atoms with van der Waals surface area (Å²) in [7, 11) is 0. The van der Waals surface area contributed by atoms with Gasteiger partial charge in [-0.1, -0.05) is 29.8 Å². The SMILES string of the molecule is CC(Oc1cccc([N+](=O)[O-])c1)C(=O)c1cccc(Cl)c1. The van der Waals surface area contributed by atoms with Gasteiger partial charge < -0.3 is 4.74 Å². The van der Waals surface area contributed by atoms with Crippen molar-refractivity contribution in [1.82, 2.24) is 0 Å². The van der Waals surface area contributed by atoms with Crippen LogP contribution in [0.2, 0.25) is 5.02 Å². The van der Waals surface area contributed by atoms with Crippen molar-refractivity contribution < 1.29 is 14.5 Å². The number of hydrogen-bond acceptors (Lipinski definition) is 4. The van der Waals surface area contributed by atoms with Gasteiger partial charge in [0.05, 0.1) is 11.0 Å². The topological polar surface area (TPSA) is 69.4 Å². The zero-order chi connectivity index (χ0) is 15.4. The fourth-order valence-electron chi connectivity index (χ4n) is 1.80. The molecule has 5 nitrogen and oxygen atoms in total. The number of hydrogen-bond donors (Lipinski definition) is 0. The van der Waals surface area contributed by atoms with Crippen molar-refractivity contribution in [2.24, 2.45) is 0 Å². The van der Waals surface area contributed by atoms with Gasteiger partial charge in [-0.05, 0) is 25.1 Å². The molecule has 0 aromatic heterocycles. The highest BCUT2D eigenvalue weighted by molar-refractivity contribution is 6.31. The Morgan fingerprint density at radius 3 is 2.62 bits per heavy atom. The maximum atomic E-state index is 12.2. The van der Waals surface area contributed by atoms with Crippen LogP contribution in [0.5, 0.6) is 5.75 Å². The zero-order valence-corrected chi connectivity index (χ0v) is 11.9. The Morgan fingerprint density at radius 1 is 1.24 bits per heavy atom. The van der Waals surface area contributed by atoms with E-state index in [2.05, 4.69) is 0 Å². The second-order valence-corrected chi connectivity index (χ2v) is 4.83. The molecule has 6 heteroatoms. The van der Waals surface area contributed by atoms with Gasteiger partial charge in [0.25, 0.3) is 5.69 Å². The third-order valence-corrected chi connectivity index (χ3v) is 3.05. The molecule has 2 aromatic carbocycles. The molecule has 1 atom stereocenters. The molecule has 21 heavy (non-hydrogen) atoms. The average molecular weight is 306 g/mol. The molecular formula is C15H12ClNO4. The molecule has 0 aliphatic carbocycles. The molecule has 0 fully saturated rings. The van der Waals surface area contributed by atoms with E-state index in [4.69, 9.17) is 16.3 Å². The number of carbonyl (C=O) groups is 1. The van der Waals surface area contributed by atoms with Gasteiger partial charge in [0.1, 0.15) is 5.75 Å². The summed E-state index contributed by atoms with van der Waals surface area (Å²) < 4.78 is 5.46. The lowest BCUT2D eigenvalue weighted by Crippen LogP contribution is -2.23. The van der Waals surface area contributed by atoms with Crippen LogP contribution < -0.4 is 4.74 Å². The third kappa shape index (κ3) is 3.79. The molecule has 0 radical (unpaired) electrons. The number of carbonyl (C=O) groups excluding carboxylic acids is 1. The lowest BCUT2D eigenvalue weighted by atomic mass is 10.1. The highest BCUT2D eigenvalue weighted by atomic mass is 35.5.